The van der Waals surface area contributed by atoms with E-state index in [1.54, 1.807) is 23.3 Å². The fourth-order valence-electron chi connectivity index (χ4n) is 3.30. The molecule has 0 bridgehead atoms. The van der Waals surface area contributed by atoms with Crippen LogP contribution in [0.2, 0.25) is 0 Å². The van der Waals surface area contributed by atoms with Gasteiger partial charge in [-0.3, -0.25) is 14.7 Å². The largest absolute Gasteiger partial charge is 0.352 e. The van der Waals surface area contributed by atoms with Gasteiger partial charge in [-0.1, -0.05) is 6.58 Å². The molecule has 1 atom stereocenters. The van der Waals surface area contributed by atoms with Gasteiger partial charge in [0.2, 0.25) is 0 Å². The molecule has 0 aliphatic carbocycles. The summed E-state index contributed by atoms with van der Waals surface area (Å²) in [4.78, 5) is 18.8. The molecule has 3 rings (SSSR count). The number of amides is 1. The van der Waals surface area contributed by atoms with Crippen LogP contribution in [0, 0.1) is 12.8 Å². The van der Waals surface area contributed by atoms with E-state index >= 15 is 0 Å². The predicted octanol–water partition coefficient (Wildman–Crippen LogP) is 2.33. The van der Waals surface area contributed by atoms with Gasteiger partial charge in [-0.25, -0.2) is 4.68 Å². The Morgan fingerprint density at radius 3 is 3.08 bits per heavy atom. The fraction of sp³-hybridized carbons (Fsp3) is 0.421. The summed E-state index contributed by atoms with van der Waals surface area (Å²) >= 11 is 0. The Balaban J connectivity index is 1.49. The smallest absolute Gasteiger partial charge is 0.252 e. The number of aromatic nitrogens is 3. The third-order valence-corrected chi connectivity index (χ3v) is 4.54. The molecule has 0 radical (unpaired) electrons. The van der Waals surface area contributed by atoms with Crippen molar-refractivity contribution in [3.63, 3.8) is 0 Å². The maximum Gasteiger partial charge on any atom is 0.252 e. The molecule has 132 valence electrons. The maximum atomic E-state index is 12.3. The van der Waals surface area contributed by atoms with E-state index in [4.69, 9.17) is 0 Å². The Labute approximate surface area is 148 Å². The third kappa shape index (κ3) is 4.76. The van der Waals surface area contributed by atoms with Gasteiger partial charge in [-0.05, 0) is 43.9 Å². The number of hydrogen-bond donors (Lipinski definition) is 1. The van der Waals surface area contributed by atoms with E-state index in [0.717, 1.165) is 38.0 Å². The lowest BCUT2D eigenvalue weighted by Gasteiger charge is -2.32. The molecule has 6 nitrogen and oxygen atoms in total. The van der Waals surface area contributed by atoms with Gasteiger partial charge in [0, 0.05) is 50.0 Å². The monoisotopic (exact) mass is 339 g/mol. The van der Waals surface area contributed by atoms with Crippen molar-refractivity contribution in [2.24, 2.45) is 5.92 Å². The zero-order valence-electron chi connectivity index (χ0n) is 14.7. The van der Waals surface area contributed by atoms with Crippen molar-refractivity contribution in [2.45, 2.75) is 26.3 Å². The van der Waals surface area contributed by atoms with E-state index < -0.39 is 0 Å². The molecule has 0 aromatic carbocycles. The van der Waals surface area contributed by atoms with Gasteiger partial charge < -0.3 is 5.32 Å². The minimum Gasteiger partial charge on any atom is -0.352 e. The van der Waals surface area contributed by atoms with Gasteiger partial charge in [-0.2, -0.15) is 5.10 Å². The van der Waals surface area contributed by atoms with Crippen LogP contribution in [0.4, 0.5) is 0 Å². The molecule has 0 unspecified atom stereocenters. The van der Waals surface area contributed by atoms with Crippen LogP contribution in [0.5, 0.6) is 0 Å². The Bertz CT molecular complexity index is 739. The second-order valence-corrected chi connectivity index (χ2v) is 6.72. The summed E-state index contributed by atoms with van der Waals surface area (Å²) in [5.74, 6) is 0.436. The van der Waals surface area contributed by atoms with E-state index in [1.165, 1.54) is 5.56 Å². The summed E-state index contributed by atoms with van der Waals surface area (Å²) in [7, 11) is 0. The van der Waals surface area contributed by atoms with Crippen molar-refractivity contribution in [3.8, 4) is 0 Å². The number of hydrogen-bond acceptors (Lipinski definition) is 4. The molecule has 1 fully saturated rings. The first-order valence-corrected chi connectivity index (χ1v) is 8.72. The summed E-state index contributed by atoms with van der Waals surface area (Å²) in [5, 5.41) is 7.29. The highest BCUT2D eigenvalue weighted by Gasteiger charge is 2.21. The first-order chi connectivity index (χ1) is 12.1. The minimum absolute atomic E-state index is 0.0411. The zero-order chi connectivity index (χ0) is 17.6. The molecular weight excluding hydrogens is 314 g/mol. The minimum atomic E-state index is -0.0411. The first kappa shape index (κ1) is 17.4. The molecule has 2 aromatic heterocycles. The van der Waals surface area contributed by atoms with Crippen molar-refractivity contribution in [1.29, 1.82) is 0 Å². The summed E-state index contributed by atoms with van der Waals surface area (Å²) in [5.41, 5.74) is 2.82. The van der Waals surface area contributed by atoms with Crippen LogP contribution in [-0.2, 0) is 6.54 Å². The average molecular weight is 339 g/mol. The molecule has 3 heterocycles. The summed E-state index contributed by atoms with van der Waals surface area (Å²) < 4.78 is 1.73. The van der Waals surface area contributed by atoms with Gasteiger partial charge >= 0.3 is 0 Å². The van der Waals surface area contributed by atoms with E-state index in [-0.39, 0.29) is 5.91 Å². The van der Waals surface area contributed by atoms with Crippen LogP contribution < -0.4 is 5.32 Å². The summed E-state index contributed by atoms with van der Waals surface area (Å²) in [6.45, 7) is 9.33. The van der Waals surface area contributed by atoms with E-state index in [0.29, 0.717) is 18.0 Å². The van der Waals surface area contributed by atoms with Crippen molar-refractivity contribution in [3.05, 3.63) is 54.1 Å². The molecule has 2 aromatic rings. The number of nitrogens with zero attached hydrogens (tertiary/aromatic N) is 4. The van der Waals surface area contributed by atoms with Gasteiger partial charge in [0.25, 0.3) is 5.91 Å². The molecule has 6 heteroatoms. The summed E-state index contributed by atoms with van der Waals surface area (Å²) in [6.07, 6.45) is 11.3. The second kappa shape index (κ2) is 8.07. The number of nitrogens with one attached hydrogen (secondary N) is 1. The maximum absolute atomic E-state index is 12.3. The van der Waals surface area contributed by atoms with Crippen molar-refractivity contribution < 1.29 is 4.79 Å². The Morgan fingerprint density at radius 2 is 2.32 bits per heavy atom. The van der Waals surface area contributed by atoms with Crippen LogP contribution in [0.3, 0.4) is 0 Å². The van der Waals surface area contributed by atoms with Crippen LogP contribution in [0.1, 0.15) is 34.3 Å². The van der Waals surface area contributed by atoms with Gasteiger partial charge in [0.1, 0.15) is 0 Å². The number of piperidine rings is 1. The second-order valence-electron chi connectivity index (χ2n) is 6.72. The highest BCUT2D eigenvalue weighted by molar-refractivity contribution is 5.93. The van der Waals surface area contributed by atoms with Gasteiger partial charge in [-0.15, -0.1) is 0 Å². The molecule has 1 amide bonds. The number of aryl methyl sites for hydroxylation is 1. The summed E-state index contributed by atoms with van der Waals surface area (Å²) in [6, 6.07) is 1.87. The molecule has 1 aliphatic heterocycles. The lowest BCUT2D eigenvalue weighted by atomic mass is 9.97. The van der Waals surface area contributed by atoms with Crippen molar-refractivity contribution >= 4 is 12.1 Å². The standard InChI is InChI=1S/C19H25N5O/c1-3-24-14-17(10-22-24)13-23-6-4-5-16(12-23)9-21-19(25)18-7-15(2)8-20-11-18/h3,7-8,10-11,14,16H,1,4-6,9,12-13H2,2H3,(H,21,25)/t16-/m0/s1. The fourth-order valence-corrected chi connectivity index (χ4v) is 3.30. The Kier molecular flexibility index (Phi) is 5.60. The van der Waals surface area contributed by atoms with E-state index in [1.807, 2.05) is 25.4 Å². The average Bonchev–Trinajstić information content (AvgIpc) is 3.07. The van der Waals surface area contributed by atoms with Crippen LogP contribution in [-0.4, -0.2) is 45.2 Å². The Morgan fingerprint density at radius 1 is 1.44 bits per heavy atom. The first-order valence-electron chi connectivity index (χ1n) is 8.72. The van der Waals surface area contributed by atoms with Crippen LogP contribution in [0.15, 0.2) is 37.4 Å². The highest BCUT2D eigenvalue weighted by Crippen LogP contribution is 2.18. The molecule has 1 aliphatic rings. The van der Waals surface area contributed by atoms with Crippen LogP contribution in [0.25, 0.3) is 6.20 Å². The van der Waals surface area contributed by atoms with Crippen molar-refractivity contribution in [2.75, 3.05) is 19.6 Å². The van der Waals surface area contributed by atoms with Gasteiger partial charge in [0.15, 0.2) is 0 Å². The van der Waals surface area contributed by atoms with E-state index in [2.05, 4.69) is 26.9 Å². The molecule has 1 N–H and O–H groups in total. The van der Waals surface area contributed by atoms with E-state index in [9.17, 15) is 4.79 Å². The number of carbonyl (C=O) groups is 1. The quantitative estimate of drug-likeness (QED) is 0.877. The van der Waals surface area contributed by atoms with Crippen LogP contribution >= 0.6 is 0 Å². The lowest BCUT2D eigenvalue weighted by Crippen LogP contribution is -2.40. The molecular formula is C19H25N5O. The molecule has 25 heavy (non-hydrogen) atoms. The highest BCUT2D eigenvalue weighted by atomic mass is 16.1. The van der Waals surface area contributed by atoms with Crippen molar-refractivity contribution in [1.82, 2.24) is 25.0 Å². The Hall–Kier alpha value is -2.47. The third-order valence-electron chi connectivity index (χ3n) is 4.54. The number of carbonyl (C=O) groups excluding carboxylic acids is 1. The molecule has 0 spiro atoms. The molecule has 0 saturated carbocycles. The zero-order valence-corrected chi connectivity index (χ0v) is 14.7. The normalized spacial score (nSPS) is 18.0. The number of likely N-dealkylation sites (tertiary alicyclic amines) is 1. The molecule has 1 saturated heterocycles. The SMILES string of the molecule is C=Cn1cc(CN2CCC[C@@H](CNC(=O)c3cncc(C)c3)C2)cn1. The topological polar surface area (TPSA) is 63.0 Å². The van der Waals surface area contributed by atoms with Gasteiger partial charge in [0.05, 0.1) is 11.8 Å². The lowest BCUT2D eigenvalue weighted by molar-refractivity contribution is 0.0930. The number of rotatable bonds is 6. The predicted molar refractivity (Wildman–Crippen MR) is 97.9 cm³/mol. The number of pyridine rings is 1.